The van der Waals surface area contributed by atoms with E-state index in [-0.39, 0.29) is 0 Å². The zero-order valence-corrected chi connectivity index (χ0v) is 9.77. The van der Waals surface area contributed by atoms with Crippen LogP contribution in [0.2, 0.25) is 0 Å². The maximum absolute atomic E-state index is 4.46. The molecule has 0 amide bonds. The van der Waals surface area contributed by atoms with Crippen molar-refractivity contribution in [1.29, 1.82) is 0 Å². The maximum Gasteiger partial charge on any atom is 0.182 e. The van der Waals surface area contributed by atoms with Gasteiger partial charge in [-0.2, -0.15) is 0 Å². The normalized spacial score (nSPS) is 10.3. The van der Waals surface area contributed by atoms with Crippen LogP contribution < -0.4 is 5.32 Å². The van der Waals surface area contributed by atoms with Crippen molar-refractivity contribution in [2.75, 3.05) is 12.4 Å². The van der Waals surface area contributed by atoms with Crippen LogP contribution in [-0.4, -0.2) is 12.0 Å². The zero-order valence-electron chi connectivity index (χ0n) is 8.95. The molecule has 0 radical (unpaired) electrons. The number of nitrogens with zero attached hydrogens (tertiary/aromatic N) is 1. The average Bonchev–Trinajstić information content (AvgIpc) is 2.78. The van der Waals surface area contributed by atoms with E-state index < -0.39 is 0 Å². The molecule has 0 unspecified atom stereocenters. The van der Waals surface area contributed by atoms with Gasteiger partial charge in [0.2, 0.25) is 0 Å². The first kappa shape index (κ1) is 10.2. The number of benzene rings is 1. The highest BCUT2D eigenvalue weighted by molar-refractivity contribution is 7.14. The molecule has 0 saturated carbocycles. The summed E-state index contributed by atoms with van der Waals surface area (Å²) in [5, 5.41) is 6.09. The molecule has 2 nitrogen and oxygen atoms in total. The molecular formula is C12H14N2S. The van der Waals surface area contributed by atoms with Gasteiger partial charge in [0, 0.05) is 18.0 Å². The topological polar surface area (TPSA) is 24.9 Å². The first-order valence-corrected chi connectivity index (χ1v) is 5.94. The second-order valence-electron chi connectivity index (χ2n) is 3.34. The lowest BCUT2D eigenvalue weighted by Crippen LogP contribution is -1.86. The monoisotopic (exact) mass is 218 g/mol. The van der Waals surface area contributed by atoms with Crippen molar-refractivity contribution in [2.24, 2.45) is 0 Å². The Morgan fingerprint density at radius 3 is 2.53 bits per heavy atom. The summed E-state index contributed by atoms with van der Waals surface area (Å²) in [6.45, 7) is 2.16. The highest BCUT2D eigenvalue weighted by Crippen LogP contribution is 2.24. The van der Waals surface area contributed by atoms with Gasteiger partial charge in [-0.25, -0.2) is 4.98 Å². The Hall–Kier alpha value is -1.35. The molecule has 2 aromatic rings. The molecule has 0 atom stereocenters. The summed E-state index contributed by atoms with van der Waals surface area (Å²) < 4.78 is 0. The molecule has 0 bridgehead atoms. The molecule has 0 aliphatic heterocycles. The Kier molecular flexibility index (Phi) is 3.02. The fraction of sp³-hybridized carbons (Fsp3) is 0.250. The van der Waals surface area contributed by atoms with Crippen LogP contribution in [0.4, 0.5) is 5.13 Å². The minimum absolute atomic E-state index is 0.963. The van der Waals surface area contributed by atoms with Crippen molar-refractivity contribution in [3.8, 4) is 11.3 Å². The van der Waals surface area contributed by atoms with E-state index in [4.69, 9.17) is 0 Å². The molecule has 0 aliphatic rings. The van der Waals surface area contributed by atoms with Gasteiger partial charge in [-0.1, -0.05) is 31.2 Å². The van der Waals surface area contributed by atoms with Crippen LogP contribution in [-0.2, 0) is 6.42 Å². The Morgan fingerprint density at radius 1 is 1.27 bits per heavy atom. The lowest BCUT2D eigenvalue weighted by Gasteiger charge is -1.99. The fourth-order valence-electron chi connectivity index (χ4n) is 1.43. The number of nitrogens with one attached hydrogen (secondary N) is 1. The van der Waals surface area contributed by atoms with Crippen molar-refractivity contribution in [3.05, 3.63) is 35.2 Å². The predicted octanol–water partition coefficient (Wildman–Crippen LogP) is 3.41. The maximum atomic E-state index is 4.46. The molecule has 2 rings (SSSR count). The van der Waals surface area contributed by atoms with E-state index in [0.717, 1.165) is 17.2 Å². The van der Waals surface area contributed by atoms with E-state index in [9.17, 15) is 0 Å². The van der Waals surface area contributed by atoms with Crippen molar-refractivity contribution in [1.82, 2.24) is 4.98 Å². The number of hydrogen-bond acceptors (Lipinski definition) is 3. The van der Waals surface area contributed by atoms with Gasteiger partial charge >= 0.3 is 0 Å². The smallest absolute Gasteiger partial charge is 0.182 e. The summed E-state index contributed by atoms with van der Waals surface area (Å²) in [6.07, 6.45) is 1.08. The van der Waals surface area contributed by atoms with Gasteiger partial charge < -0.3 is 5.32 Å². The third kappa shape index (κ3) is 2.18. The van der Waals surface area contributed by atoms with Crippen LogP contribution in [0.25, 0.3) is 11.3 Å². The second-order valence-corrected chi connectivity index (χ2v) is 4.20. The molecule has 15 heavy (non-hydrogen) atoms. The van der Waals surface area contributed by atoms with Gasteiger partial charge in [0.05, 0.1) is 5.69 Å². The molecule has 0 fully saturated rings. The Bertz CT molecular complexity index is 431. The number of aryl methyl sites for hydroxylation is 1. The van der Waals surface area contributed by atoms with E-state index in [2.05, 4.69) is 46.9 Å². The summed E-state index contributed by atoms with van der Waals surface area (Å²) in [5.41, 5.74) is 3.60. The van der Waals surface area contributed by atoms with E-state index in [1.807, 2.05) is 7.05 Å². The summed E-state index contributed by atoms with van der Waals surface area (Å²) in [7, 11) is 1.89. The highest BCUT2D eigenvalue weighted by atomic mass is 32.1. The molecule has 0 spiro atoms. The van der Waals surface area contributed by atoms with Gasteiger partial charge in [0.25, 0.3) is 0 Å². The van der Waals surface area contributed by atoms with Crippen LogP contribution >= 0.6 is 11.3 Å². The first-order chi connectivity index (χ1) is 7.33. The number of thiazole rings is 1. The van der Waals surface area contributed by atoms with Gasteiger partial charge in [-0.15, -0.1) is 11.3 Å². The van der Waals surface area contributed by atoms with Crippen LogP contribution in [0.5, 0.6) is 0 Å². The van der Waals surface area contributed by atoms with Crippen LogP contribution in [0.3, 0.4) is 0 Å². The van der Waals surface area contributed by atoms with E-state index in [1.165, 1.54) is 11.1 Å². The molecule has 1 heterocycles. The van der Waals surface area contributed by atoms with Crippen LogP contribution in [0, 0.1) is 0 Å². The molecule has 0 saturated heterocycles. The molecule has 78 valence electrons. The van der Waals surface area contributed by atoms with Gasteiger partial charge in [0.1, 0.15) is 0 Å². The highest BCUT2D eigenvalue weighted by Gasteiger charge is 2.02. The number of anilines is 1. The largest absolute Gasteiger partial charge is 0.365 e. The molecule has 1 aromatic heterocycles. The van der Waals surface area contributed by atoms with E-state index in [0.29, 0.717) is 0 Å². The minimum Gasteiger partial charge on any atom is -0.365 e. The van der Waals surface area contributed by atoms with Gasteiger partial charge in [0.15, 0.2) is 5.13 Å². The Balaban J connectivity index is 2.28. The predicted molar refractivity (Wildman–Crippen MR) is 66.5 cm³/mol. The van der Waals surface area contributed by atoms with Crippen molar-refractivity contribution in [3.63, 3.8) is 0 Å². The van der Waals surface area contributed by atoms with Crippen LogP contribution in [0.15, 0.2) is 29.6 Å². The van der Waals surface area contributed by atoms with Crippen LogP contribution in [0.1, 0.15) is 12.5 Å². The lowest BCUT2D eigenvalue weighted by atomic mass is 10.1. The average molecular weight is 218 g/mol. The minimum atomic E-state index is 0.963. The third-order valence-electron chi connectivity index (χ3n) is 2.38. The molecule has 1 N–H and O–H groups in total. The lowest BCUT2D eigenvalue weighted by molar-refractivity contribution is 1.14. The summed E-state index contributed by atoms with van der Waals surface area (Å²) in [4.78, 5) is 4.46. The van der Waals surface area contributed by atoms with Gasteiger partial charge in [-0.3, -0.25) is 0 Å². The number of hydrogen-bond donors (Lipinski definition) is 1. The zero-order chi connectivity index (χ0) is 10.7. The fourth-order valence-corrected chi connectivity index (χ4v) is 2.11. The Labute approximate surface area is 94.0 Å². The Morgan fingerprint density at radius 2 is 2.00 bits per heavy atom. The van der Waals surface area contributed by atoms with Crippen molar-refractivity contribution in [2.45, 2.75) is 13.3 Å². The standard InChI is InChI=1S/C12H14N2S/c1-3-9-4-6-10(7-5-9)11-8-15-12(13-2)14-11/h4-8H,3H2,1-2H3,(H,13,14). The molecule has 0 aliphatic carbocycles. The number of aromatic nitrogens is 1. The van der Waals surface area contributed by atoms with Crippen molar-refractivity contribution >= 4 is 16.5 Å². The summed E-state index contributed by atoms with van der Waals surface area (Å²) in [6, 6.07) is 8.59. The van der Waals surface area contributed by atoms with E-state index in [1.54, 1.807) is 11.3 Å². The van der Waals surface area contributed by atoms with Gasteiger partial charge in [-0.05, 0) is 12.0 Å². The summed E-state index contributed by atoms with van der Waals surface area (Å²) in [5.74, 6) is 0. The molecule has 1 aromatic carbocycles. The van der Waals surface area contributed by atoms with E-state index >= 15 is 0 Å². The molecular weight excluding hydrogens is 204 g/mol. The quantitative estimate of drug-likeness (QED) is 0.854. The SMILES string of the molecule is CCc1ccc(-c2csc(NC)n2)cc1. The summed E-state index contributed by atoms with van der Waals surface area (Å²) >= 11 is 1.63. The third-order valence-corrected chi connectivity index (χ3v) is 3.24. The second kappa shape index (κ2) is 4.45. The van der Waals surface area contributed by atoms with Crippen molar-refractivity contribution < 1.29 is 0 Å². The number of rotatable bonds is 3. The first-order valence-electron chi connectivity index (χ1n) is 5.06. The molecule has 3 heteroatoms.